The van der Waals surface area contributed by atoms with E-state index in [9.17, 15) is 9.59 Å². The fourth-order valence-corrected chi connectivity index (χ4v) is 3.39. The minimum Gasteiger partial charge on any atom is -0.390 e. The van der Waals surface area contributed by atoms with Crippen molar-refractivity contribution in [1.82, 2.24) is 10.2 Å². The molecule has 21 heavy (non-hydrogen) atoms. The zero-order valence-corrected chi connectivity index (χ0v) is 12.8. The summed E-state index contributed by atoms with van der Waals surface area (Å²) in [7, 11) is 0. The molecule has 1 aliphatic carbocycles. The van der Waals surface area contributed by atoms with Gasteiger partial charge in [-0.25, -0.2) is 0 Å². The van der Waals surface area contributed by atoms with Crippen molar-refractivity contribution in [1.29, 1.82) is 0 Å². The van der Waals surface area contributed by atoms with Gasteiger partial charge in [-0.3, -0.25) is 9.59 Å². The molecule has 6 nitrogen and oxygen atoms in total. The van der Waals surface area contributed by atoms with E-state index in [-0.39, 0.29) is 11.8 Å². The molecular formula is C14H19N3O3S. The third-order valence-corrected chi connectivity index (χ3v) is 4.92. The maximum absolute atomic E-state index is 12.6. The van der Waals surface area contributed by atoms with E-state index < -0.39 is 0 Å². The average Bonchev–Trinajstić information content (AvgIpc) is 3.24. The predicted molar refractivity (Wildman–Crippen MR) is 80.7 cm³/mol. The molecule has 0 unspecified atom stereocenters. The lowest BCUT2D eigenvalue weighted by molar-refractivity contribution is 0.0303. The molecule has 3 rings (SSSR count). The van der Waals surface area contributed by atoms with Gasteiger partial charge in [-0.05, 0) is 25.3 Å². The summed E-state index contributed by atoms with van der Waals surface area (Å²) in [5.74, 6) is -0.220. The first-order valence-corrected chi connectivity index (χ1v) is 7.96. The second kappa shape index (κ2) is 5.65. The molecule has 0 bridgehead atoms. The zero-order valence-electron chi connectivity index (χ0n) is 12.0. The van der Waals surface area contributed by atoms with Crippen molar-refractivity contribution in [2.75, 3.05) is 32.0 Å². The number of carbonyl (C=O) groups is 2. The van der Waals surface area contributed by atoms with Gasteiger partial charge in [0.1, 0.15) is 0 Å². The molecule has 1 aromatic heterocycles. The molecule has 7 heteroatoms. The fraction of sp³-hybridized carbons (Fsp3) is 0.571. The van der Waals surface area contributed by atoms with Crippen LogP contribution in [0.2, 0.25) is 0 Å². The second-order valence-corrected chi connectivity index (χ2v) is 6.50. The van der Waals surface area contributed by atoms with Crippen LogP contribution in [0.3, 0.4) is 0 Å². The number of nitrogen functional groups attached to an aromatic ring is 1. The third-order valence-electron chi connectivity index (χ3n) is 3.80. The van der Waals surface area contributed by atoms with Gasteiger partial charge in [-0.15, -0.1) is 11.3 Å². The number of carbonyl (C=O) groups excluding carboxylic acids is 2. The van der Waals surface area contributed by atoms with Gasteiger partial charge in [0.2, 0.25) is 0 Å². The van der Waals surface area contributed by atoms with Gasteiger partial charge in [0.25, 0.3) is 11.8 Å². The van der Waals surface area contributed by atoms with Crippen LogP contribution in [0.15, 0.2) is 0 Å². The molecule has 0 spiro atoms. The van der Waals surface area contributed by atoms with Gasteiger partial charge in [-0.2, -0.15) is 0 Å². The Labute approximate surface area is 127 Å². The number of rotatable bonds is 3. The van der Waals surface area contributed by atoms with Crippen molar-refractivity contribution in [3.8, 4) is 0 Å². The van der Waals surface area contributed by atoms with Crippen molar-refractivity contribution in [3.63, 3.8) is 0 Å². The Balaban J connectivity index is 1.82. The lowest BCUT2D eigenvalue weighted by Gasteiger charge is -2.27. The molecule has 1 saturated carbocycles. The molecule has 3 N–H and O–H groups in total. The van der Waals surface area contributed by atoms with Crippen molar-refractivity contribution in [2.45, 2.75) is 25.8 Å². The smallest absolute Gasteiger partial charge is 0.261 e. The molecule has 2 fully saturated rings. The first-order chi connectivity index (χ1) is 10.1. The van der Waals surface area contributed by atoms with E-state index in [0.717, 1.165) is 12.8 Å². The standard InChI is InChI=1S/C14H19N3O3S/c1-8-10(14(19)17-4-6-20-7-5-17)12(15)21-11(8)13(18)16-9-2-3-9/h9H,2-7,15H2,1H3,(H,16,18). The number of nitrogens with two attached hydrogens (primary N) is 1. The predicted octanol–water partition coefficient (Wildman–Crippen LogP) is 1.00. The number of hydrogen-bond acceptors (Lipinski definition) is 5. The number of morpholine rings is 1. The second-order valence-electron chi connectivity index (χ2n) is 5.45. The maximum atomic E-state index is 12.6. The summed E-state index contributed by atoms with van der Waals surface area (Å²) in [5, 5.41) is 3.36. The molecule has 114 valence electrons. The van der Waals surface area contributed by atoms with Gasteiger partial charge >= 0.3 is 0 Å². The van der Waals surface area contributed by atoms with Crippen LogP contribution in [-0.2, 0) is 4.74 Å². The average molecular weight is 309 g/mol. The minimum absolute atomic E-state index is 0.102. The topological polar surface area (TPSA) is 84.7 Å². The summed E-state index contributed by atoms with van der Waals surface area (Å²) in [6.45, 7) is 4.02. The SMILES string of the molecule is Cc1c(C(=O)NC2CC2)sc(N)c1C(=O)N1CCOCC1. The highest BCUT2D eigenvalue weighted by Gasteiger charge is 2.30. The Bertz CT molecular complexity index is 574. The number of ether oxygens (including phenoxy) is 1. The molecule has 0 aromatic carbocycles. The first-order valence-electron chi connectivity index (χ1n) is 7.14. The van der Waals surface area contributed by atoms with Crippen LogP contribution in [0.5, 0.6) is 0 Å². The number of nitrogens with zero attached hydrogens (tertiary/aromatic N) is 1. The Morgan fingerprint density at radius 2 is 2.00 bits per heavy atom. The van der Waals surface area contributed by atoms with Crippen LogP contribution >= 0.6 is 11.3 Å². The van der Waals surface area contributed by atoms with Crippen molar-refractivity contribution in [2.24, 2.45) is 0 Å². The summed E-state index contributed by atoms with van der Waals surface area (Å²) < 4.78 is 5.25. The summed E-state index contributed by atoms with van der Waals surface area (Å²) in [5.41, 5.74) is 7.16. The minimum atomic E-state index is -0.118. The maximum Gasteiger partial charge on any atom is 0.261 e. The number of hydrogen-bond donors (Lipinski definition) is 2. The number of thiophene rings is 1. The van der Waals surface area contributed by atoms with Crippen molar-refractivity contribution in [3.05, 3.63) is 16.0 Å². The van der Waals surface area contributed by atoms with E-state index in [1.54, 1.807) is 11.8 Å². The third kappa shape index (κ3) is 2.89. The van der Waals surface area contributed by atoms with Crippen LogP contribution in [-0.4, -0.2) is 49.1 Å². The molecule has 1 aromatic rings. The van der Waals surface area contributed by atoms with E-state index in [1.807, 2.05) is 0 Å². The highest BCUT2D eigenvalue weighted by molar-refractivity contribution is 7.18. The highest BCUT2D eigenvalue weighted by atomic mass is 32.1. The number of anilines is 1. The lowest BCUT2D eigenvalue weighted by atomic mass is 10.1. The van der Waals surface area contributed by atoms with E-state index in [4.69, 9.17) is 10.5 Å². The summed E-state index contributed by atoms with van der Waals surface area (Å²) in [6, 6.07) is 0.290. The Morgan fingerprint density at radius 3 is 2.62 bits per heavy atom. The van der Waals surface area contributed by atoms with E-state index in [1.165, 1.54) is 11.3 Å². The summed E-state index contributed by atoms with van der Waals surface area (Å²) >= 11 is 1.20. The van der Waals surface area contributed by atoms with E-state index >= 15 is 0 Å². The molecular weight excluding hydrogens is 290 g/mol. The summed E-state index contributed by atoms with van der Waals surface area (Å²) in [6.07, 6.45) is 2.07. The first kappa shape index (κ1) is 14.3. The fourth-order valence-electron chi connectivity index (χ4n) is 2.42. The lowest BCUT2D eigenvalue weighted by Crippen LogP contribution is -2.41. The van der Waals surface area contributed by atoms with Gasteiger partial charge in [0, 0.05) is 19.1 Å². The molecule has 1 saturated heterocycles. The Kier molecular flexibility index (Phi) is 3.86. The van der Waals surface area contributed by atoms with Gasteiger partial charge in [0.15, 0.2) is 0 Å². The van der Waals surface area contributed by atoms with Crippen LogP contribution < -0.4 is 11.1 Å². The van der Waals surface area contributed by atoms with Gasteiger partial charge in [-0.1, -0.05) is 0 Å². The van der Waals surface area contributed by atoms with Crippen LogP contribution in [0, 0.1) is 6.92 Å². The molecule has 2 amide bonds. The quantitative estimate of drug-likeness (QED) is 0.872. The molecule has 0 radical (unpaired) electrons. The molecule has 2 aliphatic rings. The molecule has 1 aliphatic heterocycles. The Morgan fingerprint density at radius 1 is 1.33 bits per heavy atom. The van der Waals surface area contributed by atoms with Crippen molar-refractivity contribution >= 4 is 28.2 Å². The van der Waals surface area contributed by atoms with Crippen molar-refractivity contribution < 1.29 is 14.3 Å². The van der Waals surface area contributed by atoms with Gasteiger partial charge in [0.05, 0.1) is 28.7 Å². The highest BCUT2D eigenvalue weighted by Crippen LogP contribution is 2.32. The number of amides is 2. The largest absolute Gasteiger partial charge is 0.390 e. The van der Waals surface area contributed by atoms with E-state index in [2.05, 4.69) is 5.32 Å². The monoisotopic (exact) mass is 309 g/mol. The summed E-state index contributed by atoms with van der Waals surface area (Å²) in [4.78, 5) is 27.0. The molecule has 2 heterocycles. The van der Waals surface area contributed by atoms with Gasteiger partial charge < -0.3 is 20.7 Å². The Hall–Kier alpha value is -1.60. The van der Waals surface area contributed by atoms with Crippen LogP contribution in [0.4, 0.5) is 5.00 Å². The van der Waals surface area contributed by atoms with Crippen LogP contribution in [0.25, 0.3) is 0 Å². The number of nitrogens with one attached hydrogen (secondary N) is 1. The van der Waals surface area contributed by atoms with Crippen LogP contribution in [0.1, 0.15) is 38.4 Å². The normalized spacial score (nSPS) is 18.6. The zero-order chi connectivity index (χ0) is 15.0. The molecule has 0 atom stereocenters. The van der Waals surface area contributed by atoms with E-state index in [0.29, 0.717) is 53.4 Å².